The van der Waals surface area contributed by atoms with Crippen molar-refractivity contribution in [2.24, 2.45) is 56.7 Å². The lowest BCUT2D eigenvalue weighted by Gasteiger charge is -2.70. The van der Waals surface area contributed by atoms with Crippen LogP contribution in [0.2, 0.25) is 0 Å². The van der Waals surface area contributed by atoms with Gasteiger partial charge in [-0.3, -0.25) is 0 Å². The van der Waals surface area contributed by atoms with Gasteiger partial charge in [-0.05, 0) is 83.9 Å². The van der Waals surface area contributed by atoms with Gasteiger partial charge in [0.1, 0.15) is 24.4 Å². The fourth-order valence-electron chi connectivity index (χ4n) is 12.9. The minimum Gasteiger partial charge on any atom is -0.396 e. The highest BCUT2D eigenvalue weighted by Gasteiger charge is 2.73. The molecule has 8 N–H and O–H groups in total. The van der Waals surface area contributed by atoms with E-state index in [-0.39, 0.29) is 46.5 Å². The fourth-order valence-corrected chi connectivity index (χ4v) is 12.9. The molecular formula is C36H60O10. The summed E-state index contributed by atoms with van der Waals surface area (Å²) in [4.78, 5) is 0. The molecule has 1 saturated heterocycles. The molecule has 0 aromatic heterocycles. The highest BCUT2D eigenvalue weighted by atomic mass is 16.7. The van der Waals surface area contributed by atoms with Crippen LogP contribution < -0.4 is 0 Å². The third-order valence-electron chi connectivity index (χ3n) is 15.2. The maximum absolute atomic E-state index is 12.2. The van der Waals surface area contributed by atoms with Crippen molar-refractivity contribution in [3.63, 3.8) is 0 Å². The Morgan fingerprint density at radius 1 is 0.848 bits per heavy atom. The van der Waals surface area contributed by atoms with E-state index in [4.69, 9.17) is 9.47 Å². The number of hydrogen-bond acceptors (Lipinski definition) is 10. The van der Waals surface area contributed by atoms with Gasteiger partial charge >= 0.3 is 0 Å². The summed E-state index contributed by atoms with van der Waals surface area (Å²) in [6, 6.07) is 0. The average molecular weight is 653 g/mol. The van der Waals surface area contributed by atoms with Crippen LogP contribution in [0.3, 0.4) is 0 Å². The van der Waals surface area contributed by atoms with E-state index in [1.165, 1.54) is 5.57 Å². The molecule has 5 aliphatic carbocycles. The molecule has 1 unspecified atom stereocenters. The summed E-state index contributed by atoms with van der Waals surface area (Å²) in [7, 11) is 0. The van der Waals surface area contributed by atoms with E-state index >= 15 is 0 Å². The molecule has 46 heavy (non-hydrogen) atoms. The number of hydrogen-bond donors (Lipinski definition) is 8. The Hall–Kier alpha value is -0.660. The molecule has 17 atom stereocenters. The van der Waals surface area contributed by atoms with E-state index in [9.17, 15) is 40.9 Å². The van der Waals surface area contributed by atoms with Crippen molar-refractivity contribution in [1.29, 1.82) is 0 Å². The van der Waals surface area contributed by atoms with Crippen molar-refractivity contribution in [1.82, 2.24) is 0 Å². The van der Waals surface area contributed by atoms with Gasteiger partial charge in [-0.25, -0.2) is 0 Å². The zero-order chi connectivity index (χ0) is 33.9. The molecule has 4 saturated carbocycles. The molecule has 5 fully saturated rings. The summed E-state index contributed by atoms with van der Waals surface area (Å²) < 4.78 is 11.9. The number of allylic oxidation sites excluding steroid dienone is 1. The molecule has 0 amide bonds. The standard InChI is InChI=1S/C36H60O10/c1-17(2)19-12-21(40)29-35(7)9-8-18-25(34(35,6)10-11-36(19,29)16-38)20(39)13-24-32(3,4)30(22(41)14-33(18,24)5)46-31-28(44)27(43)26(42)23(15-37)45-31/h8,17,19-31,37-44H,9-16H2,1-7H3/t19-,20-,21+,22+,23+,24?,25-,26+,27-,28+,29+,30-,31-,33+,34-,35+,36+/m0/s1. The summed E-state index contributed by atoms with van der Waals surface area (Å²) in [5.74, 6) is 0.221. The summed E-state index contributed by atoms with van der Waals surface area (Å²) >= 11 is 0. The third-order valence-corrected chi connectivity index (χ3v) is 15.2. The molecule has 0 aromatic carbocycles. The van der Waals surface area contributed by atoms with Gasteiger partial charge < -0.3 is 50.3 Å². The monoisotopic (exact) mass is 652 g/mol. The van der Waals surface area contributed by atoms with E-state index in [1.807, 2.05) is 13.8 Å². The van der Waals surface area contributed by atoms with Crippen LogP contribution in [0.25, 0.3) is 0 Å². The molecular weight excluding hydrogens is 592 g/mol. The predicted octanol–water partition coefficient (Wildman–Crippen LogP) is 1.73. The summed E-state index contributed by atoms with van der Waals surface area (Å²) in [6.45, 7) is 14.7. The average Bonchev–Trinajstić information content (AvgIpc) is 3.30. The number of aliphatic hydroxyl groups is 8. The van der Waals surface area contributed by atoms with Crippen LogP contribution in [0.15, 0.2) is 11.6 Å². The van der Waals surface area contributed by atoms with E-state index in [2.05, 4.69) is 40.7 Å². The highest BCUT2D eigenvalue weighted by molar-refractivity contribution is 5.35. The maximum Gasteiger partial charge on any atom is 0.187 e. The van der Waals surface area contributed by atoms with E-state index in [0.717, 1.165) is 19.3 Å². The number of aliphatic hydroxyl groups excluding tert-OH is 8. The van der Waals surface area contributed by atoms with Crippen molar-refractivity contribution in [2.75, 3.05) is 13.2 Å². The second-order valence-corrected chi connectivity index (χ2v) is 17.8. The Bertz CT molecular complexity index is 1190. The first kappa shape index (κ1) is 35.2. The zero-order valence-corrected chi connectivity index (χ0v) is 28.7. The molecule has 1 aliphatic heterocycles. The molecule has 6 aliphatic rings. The maximum atomic E-state index is 12.2. The Balaban J connectivity index is 1.34. The third kappa shape index (κ3) is 4.50. The van der Waals surface area contributed by atoms with Crippen molar-refractivity contribution in [3.8, 4) is 0 Å². The molecule has 10 nitrogen and oxygen atoms in total. The molecule has 1 heterocycles. The summed E-state index contributed by atoms with van der Waals surface area (Å²) in [5.41, 5.74) is -1.03. The van der Waals surface area contributed by atoms with Gasteiger partial charge in [0.25, 0.3) is 0 Å². The van der Waals surface area contributed by atoms with Gasteiger partial charge in [0, 0.05) is 17.9 Å². The van der Waals surface area contributed by atoms with E-state index in [0.29, 0.717) is 25.2 Å². The second-order valence-electron chi connectivity index (χ2n) is 17.8. The van der Waals surface area contributed by atoms with Crippen LogP contribution >= 0.6 is 0 Å². The Labute approximate surface area is 273 Å². The van der Waals surface area contributed by atoms with Gasteiger partial charge in [-0.15, -0.1) is 0 Å². The van der Waals surface area contributed by atoms with Gasteiger partial charge in [-0.2, -0.15) is 0 Å². The summed E-state index contributed by atoms with van der Waals surface area (Å²) in [5, 5.41) is 87.7. The topological polar surface area (TPSA) is 180 Å². The first-order chi connectivity index (χ1) is 21.4. The SMILES string of the molecule is CC(C)[C@@H]1C[C@@H](O)[C@H]2[C@@]1(CO)CC[C@@]1(C)[C@H]3C(=CC[C@]21C)[C@@]1(C)C[C@@H](O)[C@H](O[C@@H]2O[C@H](CO)[C@@H](O)[C@H](O)[C@H]2O)C(C)(C)C1C[C@@H]3O. The van der Waals surface area contributed by atoms with Crippen LogP contribution in [0.4, 0.5) is 0 Å². The van der Waals surface area contributed by atoms with Gasteiger partial charge in [0.15, 0.2) is 6.29 Å². The highest BCUT2D eigenvalue weighted by Crippen LogP contribution is 2.76. The number of rotatable bonds is 5. The number of ether oxygens (including phenoxy) is 2. The quantitative estimate of drug-likeness (QED) is 0.161. The number of fused-ring (bicyclic) bond motifs is 7. The van der Waals surface area contributed by atoms with Crippen LogP contribution in [-0.4, -0.2) is 109 Å². The van der Waals surface area contributed by atoms with Crippen molar-refractivity contribution < 1.29 is 50.3 Å². The molecule has 6 rings (SSSR count). The lowest BCUT2D eigenvalue weighted by atomic mass is 9.35. The van der Waals surface area contributed by atoms with Crippen LogP contribution in [0, 0.1) is 56.7 Å². The van der Waals surface area contributed by atoms with Crippen LogP contribution in [0.5, 0.6) is 0 Å². The zero-order valence-electron chi connectivity index (χ0n) is 28.7. The predicted molar refractivity (Wildman–Crippen MR) is 169 cm³/mol. The van der Waals surface area contributed by atoms with E-state index < -0.39 is 72.6 Å². The Morgan fingerprint density at radius 2 is 1.52 bits per heavy atom. The second kappa shape index (κ2) is 11.4. The molecule has 0 spiro atoms. The molecule has 0 radical (unpaired) electrons. The van der Waals surface area contributed by atoms with Gasteiger partial charge in [0.2, 0.25) is 0 Å². The normalized spacial score (nSPS) is 56.4. The first-order valence-electron chi connectivity index (χ1n) is 17.7. The fraction of sp³-hybridized carbons (Fsp3) is 0.944. The van der Waals surface area contributed by atoms with Gasteiger partial charge in [0.05, 0.1) is 31.0 Å². The van der Waals surface area contributed by atoms with Crippen molar-refractivity contribution >= 4 is 0 Å². The first-order valence-corrected chi connectivity index (χ1v) is 17.7. The van der Waals surface area contributed by atoms with Crippen LogP contribution in [-0.2, 0) is 9.47 Å². The Kier molecular flexibility index (Phi) is 8.74. The summed E-state index contributed by atoms with van der Waals surface area (Å²) in [6.07, 6.45) is -3.91. The van der Waals surface area contributed by atoms with Gasteiger partial charge in [-0.1, -0.05) is 60.1 Å². The molecule has 10 heteroatoms. The van der Waals surface area contributed by atoms with Crippen molar-refractivity contribution in [3.05, 3.63) is 11.6 Å². The van der Waals surface area contributed by atoms with E-state index in [1.54, 1.807) is 0 Å². The van der Waals surface area contributed by atoms with Crippen molar-refractivity contribution in [2.45, 2.75) is 142 Å². The minimum absolute atomic E-state index is 0.0586. The minimum atomic E-state index is -1.58. The molecule has 264 valence electrons. The Morgan fingerprint density at radius 3 is 2.13 bits per heavy atom. The lowest BCUT2D eigenvalue weighted by Crippen LogP contribution is -2.68. The van der Waals surface area contributed by atoms with Crippen LogP contribution in [0.1, 0.15) is 87.0 Å². The lowest BCUT2D eigenvalue weighted by molar-refractivity contribution is -0.337. The smallest absolute Gasteiger partial charge is 0.187 e. The largest absolute Gasteiger partial charge is 0.396 e. The molecule has 0 aromatic rings. The molecule has 0 bridgehead atoms.